The average molecular weight is 476 g/mol. The molecule has 2 aliphatic rings. The minimum absolute atomic E-state index is 0.0950. The van der Waals surface area contributed by atoms with Crippen LogP contribution in [0.5, 0.6) is 5.75 Å². The molecule has 0 radical (unpaired) electrons. The summed E-state index contributed by atoms with van der Waals surface area (Å²) in [4.78, 5) is 24.9. The first-order chi connectivity index (χ1) is 16.4. The second-order valence-corrected chi connectivity index (χ2v) is 8.58. The third-order valence-corrected chi connectivity index (χ3v) is 6.26. The number of hydrogen-bond acceptors (Lipinski definition) is 9. The van der Waals surface area contributed by atoms with E-state index in [2.05, 4.69) is 25.2 Å². The number of ether oxygens (including phenoxy) is 1. The number of hydrogen-bond donors (Lipinski definition) is 2. The van der Waals surface area contributed by atoms with Crippen molar-refractivity contribution < 1.29 is 18.6 Å². The van der Waals surface area contributed by atoms with Crippen LogP contribution in [0.4, 0.5) is 20.4 Å². The van der Waals surface area contributed by atoms with Crippen molar-refractivity contribution in [2.75, 3.05) is 62.2 Å². The first-order valence-electron chi connectivity index (χ1n) is 11.2. The topological polar surface area (TPSA) is 116 Å². The minimum atomic E-state index is -0.686. The summed E-state index contributed by atoms with van der Waals surface area (Å²) in [6, 6.07) is 2.40. The number of likely N-dealkylation sites (tertiary alicyclic amines) is 1. The molecule has 2 saturated heterocycles. The Balaban J connectivity index is 1.22. The molecule has 0 spiro atoms. The Kier molecular flexibility index (Phi) is 6.04. The third kappa shape index (κ3) is 4.40. The molecule has 11 nitrogen and oxygen atoms in total. The highest BCUT2D eigenvalue weighted by Crippen LogP contribution is 2.29. The van der Waals surface area contributed by atoms with Gasteiger partial charge in [-0.1, -0.05) is 5.21 Å². The van der Waals surface area contributed by atoms with Crippen LogP contribution in [0, 0.1) is 11.6 Å². The number of benzene rings is 1. The number of aromatic nitrogens is 5. The van der Waals surface area contributed by atoms with Crippen molar-refractivity contribution in [2.24, 2.45) is 7.05 Å². The number of aliphatic hydroxyl groups is 1. The molecule has 0 amide bonds. The number of rotatable bonds is 6. The summed E-state index contributed by atoms with van der Waals surface area (Å²) in [5.74, 6) is -0.863. The molecule has 0 aliphatic carbocycles. The van der Waals surface area contributed by atoms with Crippen molar-refractivity contribution in [1.82, 2.24) is 29.9 Å². The highest BCUT2D eigenvalue weighted by molar-refractivity contribution is 5.69. The van der Waals surface area contributed by atoms with Crippen LogP contribution in [0.3, 0.4) is 0 Å². The van der Waals surface area contributed by atoms with Crippen LogP contribution in [0.1, 0.15) is 6.42 Å². The second-order valence-electron chi connectivity index (χ2n) is 8.58. The zero-order valence-corrected chi connectivity index (χ0v) is 18.7. The molecule has 0 saturated carbocycles. The van der Waals surface area contributed by atoms with E-state index in [-0.39, 0.29) is 35.2 Å². The first kappa shape index (κ1) is 22.5. The van der Waals surface area contributed by atoms with Gasteiger partial charge in [-0.3, -0.25) is 14.7 Å². The predicted octanol–water partition coefficient (Wildman–Crippen LogP) is 0.102. The smallest absolute Gasteiger partial charge is 0.282 e. The summed E-state index contributed by atoms with van der Waals surface area (Å²) >= 11 is 0. The summed E-state index contributed by atoms with van der Waals surface area (Å²) in [5.41, 5.74) is 0.0515. The van der Waals surface area contributed by atoms with E-state index >= 15 is 0 Å². The summed E-state index contributed by atoms with van der Waals surface area (Å²) in [7, 11) is 1.65. The van der Waals surface area contributed by atoms with Gasteiger partial charge in [-0.15, -0.1) is 5.10 Å². The summed E-state index contributed by atoms with van der Waals surface area (Å²) in [6.45, 7) is 3.76. The lowest BCUT2D eigenvalue weighted by atomic mass is 10.2. The Morgan fingerprint density at radius 1 is 1.15 bits per heavy atom. The van der Waals surface area contributed by atoms with E-state index in [0.29, 0.717) is 50.9 Å². The van der Waals surface area contributed by atoms with E-state index in [1.807, 2.05) is 4.90 Å². The molecule has 0 bridgehead atoms. The SMILES string of the molecule is Cn1nnc2c(=O)[nH]c(N3CCN(c4c(F)cc(OCCN5CCC(O)C5)cc4F)CC3)nc21. The lowest BCUT2D eigenvalue weighted by molar-refractivity contribution is 0.167. The Bertz CT molecular complexity index is 1220. The van der Waals surface area contributed by atoms with Crippen LogP contribution >= 0.6 is 0 Å². The van der Waals surface area contributed by atoms with E-state index in [0.717, 1.165) is 13.0 Å². The van der Waals surface area contributed by atoms with Gasteiger partial charge >= 0.3 is 0 Å². The average Bonchev–Trinajstić information content (AvgIpc) is 3.39. The molecule has 34 heavy (non-hydrogen) atoms. The van der Waals surface area contributed by atoms with Gasteiger partial charge in [0.1, 0.15) is 18.0 Å². The van der Waals surface area contributed by atoms with Gasteiger partial charge in [0, 0.05) is 65.0 Å². The van der Waals surface area contributed by atoms with Crippen molar-refractivity contribution in [3.05, 3.63) is 34.1 Å². The van der Waals surface area contributed by atoms with Gasteiger partial charge < -0.3 is 19.6 Å². The second kappa shape index (κ2) is 9.14. The number of fused-ring (bicyclic) bond motifs is 1. The molecule has 3 aromatic rings. The van der Waals surface area contributed by atoms with Gasteiger partial charge in [0.25, 0.3) is 5.56 Å². The molecule has 13 heteroatoms. The van der Waals surface area contributed by atoms with E-state index in [1.54, 1.807) is 11.9 Å². The fraction of sp³-hybridized carbons (Fsp3) is 0.524. The van der Waals surface area contributed by atoms with Crippen molar-refractivity contribution >= 4 is 22.8 Å². The molecule has 182 valence electrons. The number of aryl methyl sites for hydroxylation is 1. The third-order valence-electron chi connectivity index (χ3n) is 6.26. The summed E-state index contributed by atoms with van der Waals surface area (Å²) < 4.78 is 36.6. The van der Waals surface area contributed by atoms with Crippen LogP contribution in [-0.4, -0.2) is 93.5 Å². The maximum atomic E-state index is 14.8. The van der Waals surface area contributed by atoms with E-state index in [9.17, 15) is 18.7 Å². The number of β-amino-alcohol motifs (C(OH)–C–C–N with tert-alkyl or cyclic N) is 1. The normalized spacial score (nSPS) is 19.4. The van der Waals surface area contributed by atoms with Gasteiger partial charge in [-0.25, -0.2) is 13.5 Å². The van der Waals surface area contributed by atoms with E-state index < -0.39 is 11.6 Å². The van der Waals surface area contributed by atoms with Gasteiger partial charge in [0.15, 0.2) is 22.8 Å². The number of piperazine rings is 1. The van der Waals surface area contributed by atoms with Crippen LogP contribution in [-0.2, 0) is 7.05 Å². The lowest BCUT2D eigenvalue weighted by Gasteiger charge is -2.36. The Morgan fingerprint density at radius 3 is 2.53 bits per heavy atom. The van der Waals surface area contributed by atoms with Crippen molar-refractivity contribution in [3.63, 3.8) is 0 Å². The maximum absolute atomic E-state index is 14.8. The molecule has 1 aromatic carbocycles. The molecule has 1 atom stereocenters. The van der Waals surface area contributed by atoms with Gasteiger partial charge in [-0.2, -0.15) is 4.98 Å². The molecular formula is C21H26F2N8O3. The molecule has 2 fully saturated rings. The van der Waals surface area contributed by atoms with Crippen molar-refractivity contribution in [2.45, 2.75) is 12.5 Å². The number of anilines is 2. The Morgan fingerprint density at radius 2 is 1.85 bits per heavy atom. The molecule has 2 N–H and O–H groups in total. The summed E-state index contributed by atoms with van der Waals surface area (Å²) in [5, 5.41) is 17.2. The molecule has 1 unspecified atom stereocenters. The van der Waals surface area contributed by atoms with Crippen LogP contribution in [0.2, 0.25) is 0 Å². The first-order valence-corrected chi connectivity index (χ1v) is 11.2. The molecule has 5 rings (SSSR count). The van der Waals surface area contributed by atoms with Crippen LogP contribution in [0.15, 0.2) is 16.9 Å². The highest BCUT2D eigenvalue weighted by Gasteiger charge is 2.25. The molecule has 4 heterocycles. The number of nitrogens with one attached hydrogen (secondary N) is 1. The number of nitrogens with zero attached hydrogens (tertiary/aromatic N) is 7. The maximum Gasteiger partial charge on any atom is 0.282 e. The largest absolute Gasteiger partial charge is 0.492 e. The van der Waals surface area contributed by atoms with Gasteiger partial charge in [0.05, 0.1) is 6.10 Å². The number of H-pyrrole nitrogens is 1. The highest BCUT2D eigenvalue weighted by atomic mass is 19.1. The monoisotopic (exact) mass is 476 g/mol. The van der Waals surface area contributed by atoms with Gasteiger partial charge in [-0.05, 0) is 6.42 Å². The van der Waals surface area contributed by atoms with Gasteiger partial charge in [0.2, 0.25) is 5.95 Å². The fourth-order valence-electron chi connectivity index (χ4n) is 4.44. The quantitative estimate of drug-likeness (QED) is 0.511. The van der Waals surface area contributed by atoms with E-state index in [1.165, 1.54) is 16.8 Å². The standard InChI is InChI=1S/C21H26F2N8O3/c1-28-19-17(26-27-28)20(33)25-21(24-19)31-6-4-30(5-7-31)18-15(22)10-14(11-16(18)23)34-9-8-29-3-2-13(32)12-29/h10-11,13,32H,2-9,12H2,1H3,(H,24,25,33). The fourth-order valence-corrected chi connectivity index (χ4v) is 4.44. The van der Waals surface area contributed by atoms with Crippen LogP contribution in [0.25, 0.3) is 11.2 Å². The zero-order valence-electron chi connectivity index (χ0n) is 18.7. The van der Waals surface area contributed by atoms with Crippen molar-refractivity contribution in [3.8, 4) is 5.75 Å². The summed E-state index contributed by atoms with van der Waals surface area (Å²) in [6.07, 6.45) is 0.410. The molecule has 2 aliphatic heterocycles. The minimum Gasteiger partial charge on any atom is -0.492 e. The Hall–Kier alpha value is -3.32. The zero-order chi connectivity index (χ0) is 23.8. The number of aromatic amines is 1. The molecule has 2 aromatic heterocycles. The predicted molar refractivity (Wildman–Crippen MR) is 120 cm³/mol. The van der Waals surface area contributed by atoms with Crippen LogP contribution < -0.4 is 20.1 Å². The Labute approximate surface area is 193 Å². The number of halogens is 2. The number of aliphatic hydroxyl groups excluding tert-OH is 1. The lowest BCUT2D eigenvalue weighted by Crippen LogP contribution is -2.48. The van der Waals surface area contributed by atoms with Crippen molar-refractivity contribution in [1.29, 1.82) is 0 Å². The molecular weight excluding hydrogens is 450 g/mol. The van der Waals surface area contributed by atoms with E-state index in [4.69, 9.17) is 4.74 Å².